The largest absolute Gasteiger partial charge is 0.497 e. The molecule has 3 aromatic heterocycles. The topological polar surface area (TPSA) is 107 Å². The molecule has 170 valence electrons. The molecule has 12 heteroatoms. The molecule has 0 aliphatic heterocycles. The highest BCUT2D eigenvalue weighted by molar-refractivity contribution is 5.96. The van der Waals surface area contributed by atoms with Gasteiger partial charge in [-0.2, -0.15) is 17.7 Å². The van der Waals surface area contributed by atoms with Gasteiger partial charge >= 0.3 is 6.18 Å². The Morgan fingerprint density at radius 1 is 1.03 bits per heavy atom. The van der Waals surface area contributed by atoms with Crippen molar-refractivity contribution in [3.8, 4) is 17.1 Å². The van der Waals surface area contributed by atoms with Crippen molar-refractivity contribution in [2.45, 2.75) is 6.18 Å². The zero-order chi connectivity index (χ0) is 23.9. The molecule has 1 N–H and O–H groups in total. The molecule has 5 aromatic rings. The van der Waals surface area contributed by atoms with Crippen molar-refractivity contribution in [1.82, 2.24) is 29.5 Å². The van der Waals surface area contributed by atoms with E-state index in [2.05, 4.69) is 30.4 Å². The number of nitrogens with zero attached hydrogens (tertiary/aromatic N) is 6. The van der Waals surface area contributed by atoms with Crippen LogP contribution >= 0.6 is 0 Å². The van der Waals surface area contributed by atoms with E-state index in [1.54, 1.807) is 24.3 Å². The van der Waals surface area contributed by atoms with Crippen molar-refractivity contribution in [1.29, 1.82) is 0 Å². The fraction of sp³-hybridized carbons (Fsp3) is 0.0909. The van der Waals surface area contributed by atoms with Crippen LogP contribution in [-0.4, -0.2) is 36.7 Å². The maximum absolute atomic E-state index is 13.8. The van der Waals surface area contributed by atoms with E-state index in [1.807, 2.05) is 0 Å². The monoisotopic (exact) mass is 465 g/mol. The fourth-order valence-electron chi connectivity index (χ4n) is 3.42. The van der Waals surface area contributed by atoms with Crippen LogP contribution < -0.4 is 15.6 Å². The summed E-state index contributed by atoms with van der Waals surface area (Å²) in [6.07, 6.45) is -0.862. The number of nitrogens with one attached hydrogen (secondary N) is 1. The average molecular weight is 465 g/mol. The van der Waals surface area contributed by atoms with Gasteiger partial charge in [-0.25, -0.2) is 15.0 Å². The number of anilines is 2. The molecule has 0 saturated heterocycles. The van der Waals surface area contributed by atoms with E-state index in [0.717, 1.165) is 10.6 Å². The summed E-state index contributed by atoms with van der Waals surface area (Å²) in [5.74, 6) is 0.733. The SMILES string of the molecule is COc1ccc(-c2nc3c4c(C(F)(F)F)cccc4nc(Nc4cnccnc4=O)n3n2)cc1. The molecule has 0 unspecified atom stereocenters. The molecule has 0 radical (unpaired) electrons. The fourth-order valence-corrected chi connectivity index (χ4v) is 3.42. The number of halogens is 3. The molecule has 0 spiro atoms. The van der Waals surface area contributed by atoms with Crippen LogP contribution in [0.1, 0.15) is 5.56 Å². The standard InChI is InChI=1S/C22H14F3N7O2/c1-34-13-7-5-12(6-8-13)18-30-19-17-14(22(23,24)25)3-2-4-15(17)28-21(32(19)31-18)29-16-11-26-9-10-27-20(16)33/h2-11H,1H3,(H,27,28,29,33). The molecule has 3 heterocycles. The highest BCUT2D eigenvalue weighted by Gasteiger charge is 2.34. The van der Waals surface area contributed by atoms with Crippen molar-refractivity contribution < 1.29 is 17.9 Å². The Bertz CT molecular complexity index is 1580. The number of alkyl halides is 3. The minimum atomic E-state index is -4.65. The molecule has 5 rings (SSSR count). The van der Waals surface area contributed by atoms with Crippen LogP contribution in [0, 0.1) is 0 Å². The Morgan fingerprint density at radius 2 is 1.82 bits per heavy atom. The van der Waals surface area contributed by atoms with Crippen molar-refractivity contribution in [2.75, 3.05) is 12.4 Å². The summed E-state index contributed by atoms with van der Waals surface area (Å²) >= 11 is 0. The van der Waals surface area contributed by atoms with Gasteiger partial charge in [0.05, 0.1) is 29.8 Å². The molecule has 0 amide bonds. The van der Waals surface area contributed by atoms with E-state index in [0.29, 0.717) is 11.3 Å². The van der Waals surface area contributed by atoms with E-state index in [4.69, 9.17) is 4.74 Å². The molecular formula is C22H14F3N7O2. The van der Waals surface area contributed by atoms with Crippen molar-refractivity contribution in [2.24, 2.45) is 0 Å². The number of hydrogen-bond acceptors (Lipinski definition) is 8. The van der Waals surface area contributed by atoms with Crippen LogP contribution in [-0.2, 0) is 6.18 Å². The maximum Gasteiger partial charge on any atom is 0.417 e. The molecule has 0 saturated carbocycles. The number of aromatic nitrogens is 6. The molecule has 0 fully saturated rings. The minimum Gasteiger partial charge on any atom is -0.497 e. The van der Waals surface area contributed by atoms with E-state index >= 15 is 0 Å². The van der Waals surface area contributed by atoms with E-state index in [-0.39, 0.29) is 34.0 Å². The van der Waals surface area contributed by atoms with Gasteiger partial charge < -0.3 is 10.1 Å². The van der Waals surface area contributed by atoms with E-state index < -0.39 is 17.3 Å². The van der Waals surface area contributed by atoms with Crippen molar-refractivity contribution in [3.63, 3.8) is 0 Å². The van der Waals surface area contributed by atoms with Gasteiger partial charge in [0.2, 0.25) is 5.95 Å². The number of ether oxygens (including phenoxy) is 1. The summed E-state index contributed by atoms with van der Waals surface area (Å²) in [6.45, 7) is 0. The number of benzene rings is 2. The van der Waals surface area contributed by atoms with E-state index in [9.17, 15) is 18.0 Å². The molecule has 34 heavy (non-hydrogen) atoms. The summed E-state index contributed by atoms with van der Waals surface area (Å²) < 4.78 is 47.8. The van der Waals surface area contributed by atoms with Crippen LogP contribution in [0.15, 0.2) is 65.8 Å². The first-order chi connectivity index (χ1) is 16.3. The second kappa shape index (κ2) is 8.06. The van der Waals surface area contributed by atoms with Gasteiger partial charge in [-0.05, 0) is 36.4 Å². The average Bonchev–Trinajstić information content (AvgIpc) is 3.18. The summed E-state index contributed by atoms with van der Waals surface area (Å²) in [5, 5.41) is 6.94. The molecule has 0 atom stereocenters. The van der Waals surface area contributed by atoms with Crippen LogP contribution in [0.4, 0.5) is 24.8 Å². The van der Waals surface area contributed by atoms with Crippen LogP contribution in [0.2, 0.25) is 0 Å². The second-order valence-electron chi connectivity index (χ2n) is 7.08. The summed E-state index contributed by atoms with van der Waals surface area (Å²) in [4.78, 5) is 28.5. The quantitative estimate of drug-likeness (QED) is 0.426. The molecule has 0 aliphatic rings. The van der Waals surface area contributed by atoms with Crippen LogP contribution in [0.5, 0.6) is 5.75 Å². The molecular weight excluding hydrogens is 451 g/mol. The van der Waals surface area contributed by atoms with E-state index in [1.165, 1.54) is 37.8 Å². The lowest BCUT2D eigenvalue weighted by Gasteiger charge is -2.12. The number of rotatable bonds is 4. The number of methoxy groups -OCH3 is 1. The molecule has 0 aliphatic carbocycles. The zero-order valence-corrected chi connectivity index (χ0v) is 17.4. The summed E-state index contributed by atoms with van der Waals surface area (Å²) in [6, 6.07) is 10.4. The third-order valence-electron chi connectivity index (χ3n) is 4.98. The normalized spacial score (nSPS) is 11.6. The van der Waals surface area contributed by atoms with Gasteiger partial charge in [-0.15, -0.1) is 5.10 Å². The first-order valence-corrected chi connectivity index (χ1v) is 9.83. The predicted molar refractivity (Wildman–Crippen MR) is 117 cm³/mol. The van der Waals surface area contributed by atoms with Gasteiger partial charge in [-0.3, -0.25) is 9.78 Å². The lowest BCUT2D eigenvalue weighted by molar-refractivity contribution is -0.136. The maximum atomic E-state index is 13.8. The Morgan fingerprint density at radius 3 is 2.56 bits per heavy atom. The second-order valence-corrected chi connectivity index (χ2v) is 7.08. The zero-order valence-electron chi connectivity index (χ0n) is 17.4. The van der Waals surface area contributed by atoms with Gasteiger partial charge in [0.1, 0.15) is 11.4 Å². The Hall–Kier alpha value is -4.61. The number of fused-ring (bicyclic) bond motifs is 3. The van der Waals surface area contributed by atoms with Crippen molar-refractivity contribution in [3.05, 3.63) is 77.0 Å². The van der Waals surface area contributed by atoms with Crippen molar-refractivity contribution >= 4 is 28.2 Å². The lowest BCUT2D eigenvalue weighted by atomic mass is 10.1. The van der Waals surface area contributed by atoms with Crippen LogP contribution in [0.25, 0.3) is 27.9 Å². The van der Waals surface area contributed by atoms with Gasteiger partial charge in [-0.1, -0.05) is 6.07 Å². The highest BCUT2D eigenvalue weighted by Crippen LogP contribution is 2.37. The third kappa shape index (κ3) is 3.74. The minimum absolute atomic E-state index is 0.0205. The Balaban J connectivity index is 1.80. The number of hydrogen-bond donors (Lipinski definition) is 1. The Kier molecular flexibility index (Phi) is 5.04. The molecule has 2 aromatic carbocycles. The summed E-state index contributed by atoms with van der Waals surface area (Å²) in [7, 11) is 1.52. The molecule has 9 nitrogen and oxygen atoms in total. The third-order valence-corrected chi connectivity index (χ3v) is 4.98. The first kappa shape index (κ1) is 21.2. The van der Waals surface area contributed by atoms with Gasteiger partial charge in [0, 0.05) is 18.0 Å². The Labute approximate surface area is 188 Å². The van der Waals surface area contributed by atoms with Gasteiger partial charge in [0.25, 0.3) is 5.56 Å². The molecule has 0 bridgehead atoms. The van der Waals surface area contributed by atoms with Gasteiger partial charge in [0.15, 0.2) is 11.5 Å². The first-order valence-electron chi connectivity index (χ1n) is 9.83. The van der Waals surface area contributed by atoms with Crippen LogP contribution in [0.3, 0.4) is 0 Å². The smallest absolute Gasteiger partial charge is 0.417 e. The predicted octanol–water partition coefficient (Wildman–Crippen LogP) is 3.87. The lowest BCUT2D eigenvalue weighted by Crippen LogP contribution is -2.13. The summed E-state index contributed by atoms with van der Waals surface area (Å²) in [5.41, 5.74) is -1.08. The highest BCUT2D eigenvalue weighted by atomic mass is 19.4.